The smallest absolute Gasteiger partial charge is 0.0239 e. The van der Waals surface area contributed by atoms with E-state index in [-0.39, 0.29) is 25.5 Å². The van der Waals surface area contributed by atoms with Crippen molar-refractivity contribution in [1.29, 1.82) is 0 Å². The molecule has 0 amide bonds. The van der Waals surface area contributed by atoms with Crippen molar-refractivity contribution in [1.82, 2.24) is 9.97 Å². The molecule has 0 aliphatic carbocycles. The fraction of sp³-hybridized carbons (Fsp3) is 0.0698. The molecule has 0 spiro atoms. The van der Waals surface area contributed by atoms with Gasteiger partial charge in [0.15, 0.2) is 0 Å². The molecule has 47 heavy (non-hydrogen) atoms. The second-order valence-electron chi connectivity index (χ2n) is 11.7. The molecule has 8 rings (SSSR count). The summed E-state index contributed by atoms with van der Waals surface area (Å²) in [5.41, 5.74) is 8.85. The third kappa shape index (κ3) is 6.87. The standard InChI is InChI=1S/C26H20NS.C17H12N.Ir/c1-26(2,18-9-4-3-5-10-18)19-15-16-23(27-17-19)22-13-8-12-21-20-11-6-7-14-24(20)28-25(21)22;1-3-7-14(8-4-1)16-11-12-18-17(13-16)15-9-5-2-6-10-15;/h3-12,14-17H,1-2H3;1-9,11-13H;/q2*-1;. The molecule has 0 saturated carbocycles. The minimum atomic E-state index is -0.0832. The molecule has 0 aliphatic rings. The van der Waals surface area contributed by atoms with Gasteiger partial charge in [0.2, 0.25) is 0 Å². The number of aromatic nitrogens is 2. The van der Waals surface area contributed by atoms with E-state index in [1.54, 1.807) is 0 Å². The van der Waals surface area contributed by atoms with Crippen LogP contribution in [0, 0.1) is 12.1 Å². The summed E-state index contributed by atoms with van der Waals surface area (Å²) in [7, 11) is 0. The number of hydrogen-bond donors (Lipinski definition) is 0. The number of pyridine rings is 2. The summed E-state index contributed by atoms with van der Waals surface area (Å²) in [4.78, 5) is 9.24. The van der Waals surface area contributed by atoms with E-state index in [9.17, 15) is 0 Å². The first kappa shape index (κ1) is 32.2. The molecule has 0 atom stereocenters. The molecule has 3 heterocycles. The molecule has 2 nitrogen and oxygen atoms in total. The Labute approximate surface area is 294 Å². The van der Waals surface area contributed by atoms with E-state index in [4.69, 9.17) is 4.98 Å². The Kier molecular flexibility index (Phi) is 9.84. The zero-order valence-electron chi connectivity index (χ0n) is 26.1. The van der Waals surface area contributed by atoms with Crippen LogP contribution in [0.3, 0.4) is 0 Å². The Morgan fingerprint density at radius 1 is 0.574 bits per heavy atom. The van der Waals surface area contributed by atoms with Gasteiger partial charge in [0.05, 0.1) is 0 Å². The zero-order chi connectivity index (χ0) is 31.3. The van der Waals surface area contributed by atoms with Crippen LogP contribution in [0.5, 0.6) is 0 Å². The second kappa shape index (κ2) is 14.4. The molecule has 0 N–H and O–H groups in total. The number of hydrogen-bond acceptors (Lipinski definition) is 3. The predicted octanol–water partition coefficient (Wildman–Crippen LogP) is 11.5. The van der Waals surface area contributed by atoms with E-state index in [0.29, 0.717) is 0 Å². The average Bonchev–Trinajstić information content (AvgIpc) is 3.52. The van der Waals surface area contributed by atoms with Crippen molar-refractivity contribution < 1.29 is 20.1 Å². The van der Waals surface area contributed by atoms with E-state index in [1.807, 2.05) is 78.3 Å². The summed E-state index contributed by atoms with van der Waals surface area (Å²) in [6.07, 6.45) is 3.86. The summed E-state index contributed by atoms with van der Waals surface area (Å²) < 4.78 is 2.56. The minimum Gasteiger partial charge on any atom is -0.305 e. The van der Waals surface area contributed by atoms with Crippen LogP contribution in [0.2, 0.25) is 0 Å². The third-order valence-electron chi connectivity index (χ3n) is 8.43. The van der Waals surface area contributed by atoms with E-state index in [0.717, 1.165) is 22.5 Å². The molecule has 5 aromatic carbocycles. The van der Waals surface area contributed by atoms with Crippen molar-refractivity contribution >= 4 is 31.5 Å². The van der Waals surface area contributed by atoms with E-state index < -0.39 is 0 Å². The molecule has 0 unspecified atom stereocenters. The first-order valence-corrected chi connectivity index (χ1v) is 16.2. The van der Waals surface area contributed by atoms with Crippen molar-refractivity contribution in [3.8, 4) is 33.6 Å². The van der Waals surface area contributed by atoms with Crippen LogP contribution in [0.1, 0.15) is 25.0 Å². The summed E-state index contributed by atoms with van der Waals surface area (Å²) in [6, 6.07) is 56.7. The van der Waals surface area contributed by atoms with Crippen LogP contribution in [-0.4, -0.2) is 9.97 Å². The van der Waals surface area contributed by atoms with Gasteiger partial charge in [-0.25, -0.2) is 0 Å². The summed E-state index contributed by atoms with van der Waals surface area (Å²) in [6.45, 7) is 4.50. The van der Waals surface area contributed by atoms with E-state index in [1.165, 1.54) is 42.4 Å². The van der Waals surface area contributed by atoms with Gasteiger partial charge in [-0.2, -0.15) is 11.3 Å². The average molecular weight is 801 g/mol. The van der Waals surface area contributed by atoms with Crippen molar-refractivity contribution in [3.63, 3.8) is 0 Å². The number of fused-ring (bicyclic) bond motifs is 3. The Bertz CT molecular complexity index is 2150. The van der Waals surface area contributed by atoms with Crippen LogP contribution in [0.25, 0.3) is 53.8 Å². The number of benzene rings is 5. The maximum Gasteiger partial charge on any atom is 0.0239 e. The molecule has 0 fully saturated rings. The van der Waals surface area contributed by atoms with Crippen LogP contribution >= 0.6 is 11.3 Å². The van der Waals surface area contributed by atoms with Crippen molar-refractivity contribution in [2.75, 3.05) is 0 Å². The largest absolute Gasteiger partial charge is 0.305 e. The van der Waals surface area contributed by atoms with Gasteiger partial charge < -0.3 is 9.97 Å². The van der Waals surface area contributed by atoms with Gasteiger partial charge in [0.25, 0.3) is 0 Å². The first-order chi connectivity index (χ1) is 22.6. The Morgan fingerprint density at radius 2 is 1.32 bits per heavy atom. The fourth-order valence-corrected chi connectivity index (χ4v) is 6.96. The minimum absolute atomic E-state index is 0. The Balaban J connectivity index is 0.000000176. The Morgan fingerprint density at radius 3 is 2.06 bits per heavy atom. The number of nitrogens with zero attached hydrogens (tertiary/aromatic N) is 2. The molecular formula is C43H32IrN2S-2. The van der Waals surface area contributed by atoms with Crippen LogP contribution < -0.4 is 0 Å². The van der Waals surface area contributed by atoms with Gasteiger partial charge in [-0.1, -0.05) is 116 Å². The molecule has 3 aromatic heterocycles. The van der Waals surface area contributed by atoms with Crippen molar-refractivity contribution in [3.05, 3.63) is 181 Å². The van der Waals surface area contributed by atoms with Gasteiger partial charge in [0.1, 0.15) is 0 Å². The van der Waals surface area contributed by atoms with Crippen LogP contribution in [0.4, 0.5) is 0 Å². The van der Waals surface area contributed by atoms with Crippen molar-refractivity contribution in [2.45, 2.75) is 19.3 Å². The Hall–Kier alpha value is -4.73. The molecule has 231 valence electrons. The maximum absolute atomic E-state index is 4.84. The molecule has 0 saturated heterocycles. The molecule has 4 heteroatoms. The van der Waals surface area contributed by atoms with Crippen LogP contribution in [0.15, 0.2) is 158 Å². The van der Waals surface area contributed by atoms with Gasteiger partial charge in [0, 0.05) is 42.6 Å². The van der Waals surface area contributed by atoms with E-state index >= 15 is 0 Å². The van der Waals surface area contributed by atoms with Crippen molar-refractivity contribution in [2.24, 2.45) is 0 Å². The molecule has 0 bridgehead atoms. The van der Waals surface area contributed by atoms with Gasteiger partial charge in [-0.15, -0.1) is 59.7 Å². The molecule has 1 radical (unpaired) electrons. The monoisotopic (exact) mass is 801 g/mol. The molecular weight excluding hydrogens is 769 g/mol. The topological polar surface area (TPSA) is 25.8 Å². The summed E-state index contributed by atoms with van der Waals surface area (Å²) >= 11 is 1.82. The van der Waals surface area contributed by atoms with E-state index in [2.05, 4.69) is 122 Å². The third-order valence-corrected chi connectivity index (χ3v) is 9.63. The quantitative estimate of drug-likeness (QED) is 0.162. The van der Waals surface area contributed by atoms with Gasteiger partial charge in [-0.3, -0.25) is 0 Å². The first-order valence-electron chi connectivity index (χ1n) is 15.4. The SMILES string of the molecule is CC(C)(c1ccccc1)c1ccc(-c2[c-]ccc3c2sc2ccccc23)nc1.[Ir].[c-]1ccccc1-c1cc(-c2ccccc2)ccn1. The fourth-order valence-electron chi connectivity index (χ4n) is 5.75. The number of thiophene rings is 1. The summed E-state index contributed by atoms with van der Waals surface area (Å²) in [5.74, 6) is 0. The van der Waals surface area contributed by atoms with Gasteiger partial charge >= 0.3 is 0 Å². The normalized spacial score (nSPS) is 11.0. The van der Waals surface area contributed by atoms with Crippen LogP contribution in [-0.2, 0) is 25.5 Å². The predicted molar refractivity (Wildman–Crippen MR) is 194 cm³/mol. The molecule has 0 aliphatic heterocycles. The van der Waals surface area contributed by atoms with Gasteiger partial charge in [-0.05, 0) is 55.9 Å². The second-order valence-corrected chi connectivity index (χ2v) is 12.7. The zero-order valence-corrected chi connectivity index (χ0v) is 29.4. The summed E-state index contributed by atoms with van der Waals surface area (Å²) in [5, 5.41) is 2.59. The number of rotatable bonds is 5. The maximum atomic E-state index is 4.84. The molecule has 8 aromatic rings.